The Bertz CT molecular complexity index is 613. The molecule has 0 aromatic heterocycles. The molecule has 6 nitrogen and oxygen atoms in total. The number of carbonyl (C=O) groups is 3. The maximum atomic E-state index is 12.1. The van der Waals surface area contributed by atoms with Crippen LogP contribution in [-0.4, -0.2) is 29.9 Å². The molecule has 2 rings (SSSR count). The molecule has 4 amide bonds. The molecule has 24 heavy (non-hydrogen) atoms. The van der Waals surface area contributed by atoms with Crippen LogP contribution in [0.4, 0.5) is 4.79 Å². The van der Waals surface area contributed by atoms with Crippen LogP contribution in [0, 0.1) is 0 Å². The molecule has 3 N–H and O–H groups in total. The topological polar surface area (TPSA) is 87.3 Å². The van der Waals surface area contributed by atoms with Crippen molar-refractivity contribution in [1.82, 2.24) is 16.0 Å². The zero-order valence-electron chi connectivity index (χ0n) is 14.4. The predicted octanol–water partition coefficient (Wildman–Crippen LogP) is 1.85. The van der Waals surface area contributed by atoms with Crippen molar-refractivity contribution in [2.75, 3.05) is 0 Å². The molecule has 1 aromatic rings. The summed E-state index contributed by atoms with van der Waals surface area (Å²) in [5.41, 5.74) is 1.18. The summed E-state index contributed by atoms with van der Waals surface area (Å²) in [4.78, 5) is 34.5. The van der Waals surface area contributed by atoms with E-state index in [-0.39, 0.29) is 29.7 Å². The van der Waals surface area contributed by atoms with Gasteiger partial charge in [0.15, 0.2) is 0 Å². The summed E-state index contributed by atoms with van der Waals surface area (Å²) in [6.45, 7) is 6.29. The van der Waals surface area contributed by atoms with Crippen LogP contribution in [-0.2, 0) is 15.0 Å². The summed E-state index contributed by atoms with van der Waals surface area (Å²) in [6.07, 6.45) is 1.32. The van der Waals surface area contributed by atoms with E-state index in [1.807, 2.05) is 25.1 Å². The molecule has 1 saturated heterocycles. The molecule has 1 aromatic carbocycles. The van der Waals surface area contributed by atoms with E-state index in [0.717, 1.165) is 6.42 Å². The molecule has 2 unspecified atom stereocenters. The first-order chi connectivity index (χ1) is 11.3. The molecule has 0 radical (unpaired) electrons. The minimum Gasteiger partial charge on any atom is -0.354 e. The summed E-state index contributed by atoms with van der Waals surface area (Å²) in [5.74, 6) is -0.480. The molecule has 0 bridgehead atoms. The highest BCUT2D eigenvalue weighted by atomic mass is 16.2. The van der Waals surface area contributed by atoms with Crippen LogP contribution >= 0.6 is 0 Å². The Morgan fingerprint density at radius 3 is 2.50 bits per heavy atom. The highest BCUT2D eigenvalue weighted by Gasteiger charge is 2.30. The van der Waals surface area contributed by atoms with Gasteiger partial charge in [0.2, 0.25) is 5.91 Å². The smallest absolute Gasteiger partial charge is 0.322 e. The fraction of sp³-hybridized carbons (Fsp3) is 0.500. The second-order valence-corrected chi connectivity index (χ2v) is 6.98. The number of urea groups is 1. The first-order valence-electron chi connectivity index (χ1n) is 8.24. The molecule has 1 heterocycles. The first kappa shape index (κ1) is 18.0. The molecule has 0 spiro atoms. The van der Waals surface area contributed by atoms with Gasteiger partial charge in [0.25, 0.3) is 5.91 Å². The van der Waals surface area contributed by atoms with Crippen LogP contribution in [0.3, 0.4) is 0 Å². The third-order valence-corrected chi connectivity index (χ3v) is 4.30. The van der Waals surface area contributed by atoms with Crippen LogP contribution < -0.4 is 16.0 Å². The van der Waals surface area contributed by atoms with E-state index in [0.29, 0.717) is 6.42 Å². The van der Waals surface area contributed by atoms with Gasteiger partial charge in [0.1, 0.15) is 6.04 Å². The highest BCUT2D eigenvalue weighted by molar-refractivity contribution is 6.04. The van der Waals surface area contributed by atoms with Gasteiger partial charge in [-0.1, -0.05) is 44.2 Å². The molecule has 1 aliphatic heterocycles. The van der Waals surface area contributed by atoms with Gasteiger partial charge in [-0.25, -0.2) is 4.79 Å². The van der Waals surface area contributed by atoms with E-state index in [9.17, 15) is 14.4 Å². The number of carbonyl (C=O) groups excluding carboxylic acids is 3. The van der Waals surface area contributed by atoms with E-state index < -0.39 is 12.1 Å². The molecule has 6 heteroatoms. The van der Waals surface area contributed by atoms with Crippen molar-refractivity contribution in [2.24, 2.45) is 0 Å². The lowest BCUT2D eigenvalue weighted by molar-refractivity contribution is -0.122. The minimum absolute atomic E-state index is 0.0136. The van der Waals surface area contributed by atoms with Crippen molar-refractivity contribution in [3.8, 4) is 0 Å². The maximum absolute atomic E-state index is 12.1. The summed E-state index contributed by atoms with van der Waals surface area (Å²) in [5, 5.41) is 7.62. The third kappa shape index (κ3) is 4.81. The number of benzene rings is 1. The van der Waals surface area contributed by atoms with E-state index in [2.05, 4.69) is 41.9 Å². The lowest BCUT2D eigenvalue weighted by Crippen LogP contribution is -2.38. The van der Waals surface area contributed by atoms with E-state index >= 15 is 0 Å². The molecular weight excluding hydrogens is 306 g/mol. The zero-order chi connectivity index (χ0) is 17.7. The first-order valence-corrected chi connectivity index (χ1v) is 8.24. The molecule has 130 valence electrons. The predicted molar refractivity (Wildman–Crippen MR) is 91.4 cm³/mol. The molecule has 0 aliphatic carbocycles. The number of hydrogen-bond donors (Lipinski definition) is 3. The van der Waals surface area contributed by atoms with Crippen molar-refractivity contribution >= 4 is 17.8 Å². The van der Waals surface area contributed by atoms with Crippen LogP contribution in [0.1, 0.15) is 45.6 Å². The summed E-state index contributed by atoms with van der Waals surface area (Å²) >= 11 is 0. The van der Waals surface area contributed by atoms with Gasteiger partial charge in [0, 0.05) is 12.5 Å². The largest absolute Gasteiger partial charge is 0.354 e. The van der Waals surface area contributed by atoms with Gasteiger partial charge in [-0.2, -0.15) is 0 Å². The van der Waals surface area contributed by atoms with Crippen molar-refractivity contribution in [3.05, 3.63) is 35.9 Å². The molecule has 0 saturated carbocycles. The number of imide groups is 1. The van der Waals surface area contributed by atoms with Crippen molar-refractivity contribution in [2.45, 2.75) is 57.5 Å². The number of hydrogen-bond acceptors (Lipinski definition) is 3. The Labute approximate surface area is 142 Å². The summed E-state index contributed by atoms with van der Waals surface area (Å²) < 4.78 is 0. The monoisotopic (exact) mass is 331 g/mol. The molecular formula is C18H25N3O3. The Balaban J connectivity index is 1.79. The van der Waals surface area contributed by atoms with Crippen LogP contribution in [0.25, 0.3) is 0 Å². The molecule has 1 fully saturated rings. The van der Waals surface area contributed by atoms with Crippen molar-refractivity contribution < 1.29 is 14.4 Å². The van der Waals surface area contributed by atoms with Crippen molar-refractivity contribution in [3.63, 3.8) is 0 Å². The second-order valence-electron chi connectivity index (χ2n) is 6.98. The third-order valence-electron chi connectivity index (χ3n) is 4.30. The van der Waals surface area contributed by atoms with E-state index in [1.54, 1.807) is 0 Å². The number of nitrogens with one attached hydrogen (secondary N) is 3. The average Bonchev–Trinajstić information content (AvgIpc) is 2.83. The Morgan fingerprint density at radius 1 is 1.25 bits per heavy atom. The lowest BCUT2D eigenvalue weighted by Gasteiger charge is -2.29. The quantitative estimate of drug-likeness (QED) is 0.666. The zero-order valence-corrected chi connectivity index (χ0v) is 14.4. The number of rotatable bonds is 7. The maximum Gasteiger partial charge on any atom is 0.322 e. The lowest BCUT2D eigenvalue weighted by atomic mass is 9.79. The van der Waals surface area contributed by atoms with Crippen LogP contribution in [0.15, 0.2) is 30.3 Å². The van der Waals surface area contributed by atoms with E-state index in [4.69, 9.17) is 0 Å². The number of amides is 4. The Hall–Kier alpha value is -2.37. The normalized spacial score (nSPS) is 18.7. The highest BCUT2D eigenvalue weighted by Crippen LogP contribution is 2.28. The minimum atomic E-state index is -0.612. The van der Waals surface area contributed by atoms with Gasteiger partial charge in [-0.15, -0.1) is 0 Å². The van der Waals surface area contributed by atoms with Gasteiger partial charge in [0.05, 0.1) is 0 Å². The molecule has 2 atom stereocenters. The Morgan fingerprint density at radius 2 is 1.92 bits per heavy atom. The summed E-state index contributed by atoms with van der Waals surface area (Å²) in [7, 11) is 0. The SMILES string of the molecule is CC(CC(C)(C)c1ccccc1)NC(=O)CCC1NC(=O)NC1=O. The van der Waals surface area contributed by atoms with Crippen molar-refractivity contribution in [1.29, 1.82) is 0 Å². The Kier molecular flexibility index (Phi) is 5.59. The molecule has 1 aliphatic rings. The second kappa shape index (κ2) is 7.47. The van der Waals surface area contributed by atoms with Gasteiger partial charge >= 0.3 is 6.03 Å². The van der Waals surface area contributed by atoms with Gasteiger partial charge in [-0.3, -0.25) is 14.9 Å². The fourth-order valence-corrected chi connectivity index (χ4v) is 3.11. The van der Waals surface area contributed by atoms with Gasteiger partial charge < -0.3 is 10.6 Å². The fourth-order valence-electron chi connectivity index (χ4n) is 3.11. The standard InChI is InChI=1S/C18H25N3O3/c1-12(11-18(2,3)13-7-5-4-6-8-13)19-15(22)10-9-14-16(23)21-17(24)20-14/h4-8,12,14H,9-11H2,1-3H3,(H,19,22)(H2,20,21,23,24). The van der Waals surface area contributed by atoms with Gasteiger partial charge in [-0.05, 0) is 30.7 Å². The van der Waals surface area contributed by atoms with Crippen LogP contribution in [0.5, 0.6) is 0 Å². The van der Waals surface area contributed by atoms with Crippen LogP contribution in [0.2, 0.25) is 0 Å². The van der Waals surface area contributed by atoms with E-state index in [1.165, 1.54) is 5.56 Å². The average molecular weight is 331 g/mol. The summed E-state index contributed by atoms with van der Waals surface area (Å²) in [6, 6.07) is 9.11.